The maximum Gasteiger partial charge on any atom is 0.128 e. The molecule has 2 rings (SSSR count). The number of phenolic OH excluding ortho intramolecular Hbond substituents is 2. The van der Waals surface area contributed by atoms with Gasteiger partial charge in [0, 0.05) is 23.6 Å². The Morgan fingerprint density at radius 1 is 1.15 bits per heavy atom. The van der Waals surface area contributed by atoms with Gasteiger partial charge in [0.2, 0.25) is 0 Å². The fraction of sp³-hybridized carbons (Fsp3) is 0.133. The maximum atomic E-state index is 9.81. The zero-order valence-corrected chi connectivity index (χ0v) is 10.9. The van der Waals surface area contributed by atoms with Crippen LogP contribution in [0.4, 0.5) is 0 Å². The summed E-state index contributed by atoms with van der Waals surface area (Å²) in [7, 11) is 1.56. The van der Waals surface area contributed by atoms with Crippen molar-refractivity contribution in [1.29, 1.82) is 0 Å². The summed E-state index contributed by atoms with van der Waals surface area (Å²) >= 11 is 0. The van der Waals surface area contributed by atoms with E-state index < -0.39 is 0 Å². The van der Waals surface area contributed by atoms with Gasteiger partial charge in [0.1, 0.15) is 17.2 Å². The minimum atomic E-state index is -0.146. The molecular weight excluding hydrogens is 258 g/mol. The molecule has 0 heterocycles. The van der Waals surface area contributed by atoms with Gasteiger partial charge in [-0.05, 0) is 18.2 Å². The molecule has 5 heteroatoms. The highest BCUT2D eigenvalue weighted by molar-refractivity contribution is 6.04. The third-order valence-corrected chi connectivity index (χ3v) is 2.96. The van der Waals surface area contributed by atoms with Gasteiger partial charge in [0.25, 0.3) is 0 Å². The molecule has 0 aliphatic rings. The first-order valence-electron chi connectivity index (χ1n) is 6.01. The molecule has 0 fully saturated rings. The van der Waals surface area contributed by atoms with Gasteiger partial charge < -0.3 is 20.2 Å². The second-order valence-electron chi connectivity index (χ2n) is 4.24. The van der Waals surface area contributed by atoms with Crippen LogP contribution in [0.3, 0.4) is 0 Å². The molecule has 5 nitrogen and oxygen atoms in total. The van der Waals surface area contributed by atoms with Crippen LogP contribution in [0.15, 0.2) is 47.6 Å². The number of ether oxygens (including phenoxy) is 1. The third kappa shape index (κ3) is 2.83. The van der Waals surface area contributed by atoms with Crippen LogP contribution in [0.2, 0.25) is 0 Å². The normalized spacial score (nSPS) is 11.3. The summed E-state index contributed by atoms with van der Waals surface area (Å²) in [5.41, 5.74) is 1.47. The van der Waals surface area contributed by atoms with Crippen LogP contribution in [0.5, 0.6) is 17.2 Å². The van der Waals surface area contributed by atoms with Crippen LogP contribution < -0.4 is 4.74 Å². The molecule has 0 spiro atoms. The largest absolute Gasteiger partial charge is 0.508 e. The molecule has 0 amide bonds. The van der Waals surface area contributed by atoms with E-state index in [0.717, 1.165) is 5.56 Å². The van der Waals surface area contributed by atoms with Gasteiger partial charge in [-0.1, -0.05) is 23.4 Å². The molecule has 0 aliphatic carbocycles. The van der Waals surface area contributed by atoms with E-state index >= 15 is 0 Å². The van der Waals surface area contributed by atoms with E-state index in [-0.39, 0.29) is 17.2 Å². The molecule has 0 bridgehead atoms. The Morgan fingerprint density at radius 3 is 2.55 bits per heavy atom. The number of methoxy groups -OCH3 is 1. The molecule has 0 radical (unpaired) electrons. The van der Waals surface area contributed by atoms with Crippen LogP contribution >= 0.6 is 0 Å². The lowest BCUT2D eigenvalue weighted by molar-refractivity contribution is 0.318. The zero-order valence-electron chi connectivity index (χ0n) is 10.9. The summed E-state index contributed by atoms with van der Waals surface area (Å²) in [6, 6.07) is 11.5. The van der Waals surface area contributed by atoms with Crippen molar-refractivity contribution in [3.05, 3.63) is 53.6 Å². The molecule has 2 aromatic rings. The number of oxime groups is 1. The predicted molar refractivity (Wildman–Crippen MR) is 74.8 cm³/mol. The lowest BCUT2D eigenvalue weighted by Gasteiger charge is -2.10. The van der Waals surface area contributed by atoms with Crippen molar-refractivity contribution in [2.24, 2.45) is 5.16 Å². The zero-order chi connectivity index (χ0) is 14.5. The van der Waals surface area contributed by atoms with Crippen LogP contribution in [-0.2, 0) is 6.42 Å². The molecule has 104 valence electrons. The predicted octanol–water partition coefficient (Wildman–Crippen LogP) is 2.53. The molecule has 20 heavy (non-hydrogen) atoms. The Kier molecular flexibility index (Phi) is 4.10. The van der Waals surface area contributed by atoms with E-state index in [1.54, 1.807) is 13.2 Å². The molecular formula is C15H15NO4. The molecule has 0 aliphatic heterocycles. The molecule has 0 unspecified atom stereocenters. The number of benzene rings is 2. The number of rotatable bonds is 4. The van der Waals surface area contributed by atoms with Crippen molar-refractivity contribution in [2.75, 3.05) is 7.11 Å². The van der Waals surface area contributed by atoms with E-state index in [0.29, 0.717) is 17.7 Å². The number of hydrogen-bond donors (Lipinski definition) is 3. The van der Waals surface area contributed by atoms with E-state index in [1.165, 1.54) is 18.2 Å². The van der Waals surface area contributed by atoms with Crippen molar-refractivity contribution in [3.8, 4) is 17.2 Å². The van der Waals surface area contributed by atoms with Gasteiger partial charge in [-0.25, -0.2) is 0 Å². The van der Waals surface area contributed by atoms with Crippen LogP contribution in [0.1, 0.15) is 11.1 Å². The fourth-order valence-electron chi connectivity index (χ4n) is 1.98. The smallest absolute Gasteiger partial charge is 0.128 e. The third-order valence-electron chi connectivity index (χ3n) is 2.96. The summed E-state index contributed by atoms with van der Waals surface area (Å²) in [6.45, 7) is 0. The minimum Gasteiger partial charge on any atom is -0.508 e. The average molecular weight is 273 g/mol. The van der Waals surface area contributed by atoms with Crippen LogP contribution in [0, 0.1) is 0 Å². The summed E-state index contributed by atoms with van der Waals surface area (Å²) in [5, 5.41) is 31.5. The second kappa shape index (κ2) is 5.97. The number of aromatic hydroxyl groups is 2. The Morgan fingerprint density at radius 2 is 1.90 bits per heavy atom. The van der Waals surface area contributed by atoms with Crippen molar-refractivity contribution >= 4 is 5.71 Å². The Bertz CT molecular complexity index is 638. The van der Waals surface area contributed by atoms with Crippen molar-refractivity contribution in [1.82, 2.24) is 0 Å². The van der Waals surface area contributed by atoms with E-state index in [9.17, 15) is 15.4 Å². The quantitative estimate of drug-likeness (QED) is 0.454. The van der Waals surface area contributed by atoms with Gasteiger partial charge in [-0.15, -0.1) is 0 Å². The molecule has 0 saturated carbocycles. The van der Waals surface area contributed by atoms with Gasteiger partial charge in [0.05, 0.1) is 12.8 Å². The topological polar surface area (TPSA) is 82.3 Å². The first-order chi connectivity index (χ1) is 9.65. The first-order valence-corrected chi connectivity index (χ1v) is 6.01. The lowest BCUT2D eigenvalue weighted by Crippen LogP contribution is -2.07. The Labute approximate surface area is 116 Å². The second-order valence-corrected chi connectivity index (χ2v) is 4.24. The summed E-state index contributed by atoms with van der Waals surface area (Å²) in [4.78, 5) is 0. The highest BCUT2D eigenvalue weighted by Crippen LogP contribution is 2.26. The molecule has 0 atom stereocenters. The Balaban J connectivity index is 2.34. The standard InChI is InChI=1S/C15H15NO4/c1-20-15-5-3-2-4-10(15)8-13(16-19)12-7-6-11(17)9-14(12)18/h2-7,9,17-19H,8H2,1H3/b16-13+. The minimum absolute atomic E-state index is 0.0548. The summed E-state index contributed by atoms with van der Waals surface area (Å²) in [6.07, 6.45) is 0.291. The lowest BCUT2D eigenvalue weighted by atomic mass is 10.0. The van der Waals surface area contributed by atoms with E-state index in [2.05, 4.69) is 5.16 Å². The average Bonchev–Trinajstić information content (AvgIpc) is 2.46. The van der Waals surface area contributed by atoms with Crippen molar-refractivity contribution < 1.29 is 20.2 Å². The van der Waals surface area contributed by atoms with Crippen molar-refractivity contribution in [3.63, 3.8) is 0 Å². The van der Waals surface area contributed by atoms with Gasteiger partial charge in [-0.2, -0.15) is 0 Å². The molecule has 0 saturated heterocycles. The monoisotopic (exact) mass is 273 g/mol. The molecule has 3 N–H and O–H groups in total. The molecule has 2 aromatic carbocycles. The van der Waals surface area contributed by atoms with Gasteiger partial charge >= 0.3 is 0 Å². The summed E-state index contributed by atoms with van der Waals surface area (Å²) < 4.78 is 5.24. The van der Waals surface area contributed by atoms with Crippen molar-refractivity contribution in [2.45, 2.75) is 6.42 Å². The Hall–Kier alpha value is -2.69. The fourth-order valence-corrected chi connectivity index (χ4v) is 1.98. The highest BCUT2D eigenvalue weighted by Gasteiger charge is 2.13. The van der Waals surface area contributed by atoms with Gasteiger partial charge in [0.15, 0.2) is 0 Å². The van der Waals surface area contributed by atoms with Crippen LogP contribution in [0.25, 0.3) is 0 Å². The van der Waals surface area contributed by atoms with Gasteiger partial charge in [-0.3, -0.25) is 0 Å². The molecule has 0 aromatic heterocycles. The van der Waals surface area contributed by atoms with E-state index in [1.807, 2.05) is 18.2 Å². The SMILES string of the molecule is COc1ccccc1C/C(=N\O)c1ccc(O)cc1O. The number of phenols is 2. The highest BCUT2D eigenvalue weighted by atomic mass is 16.5. The number of nitrogens with zero attached hydrogens (tertiary/aromatic N) is 1. The number of para-hydroxylation sites is 1. The summed E-state index contributed by atoms with van der Waals surface area (Å²) in [5.74, 6) is 0.473. The van der Waals surface area contributed by atoms with E-state index in [4.69, 9.17) is 4.74 Å². The first kappa shape index (κ1) is 13.7. The number of hydrogen-bond acceptors (Lipinski definition) is 5. The van der Waals surface area contributed by atoms with Crippen LogP contribution in [-0.4, -0.2) is 28.2 Å². The maximum absolute atomic E-state index is 9.81.